The van der Waals surface area contributed by atoms with Gasteiger partial charge in [-0.2, -0.15) is 0 Å². The standard InChI is InChI=1S/C20H24N2O2/c1-4-15-10-12-17(13-11-15)14(3)21-19(23)20(24)22-18-9-7-6-8-16(18)5-2/h6-14H,4-5H2,1-3H3,(H,21,23)(H,22,24). The largest absolute Gasteiger partial charge is 0.341 e. The maximum Gasteiger partial charge on any atom is 0.313 e. The van der Waals surface area contributed by atoms with E-state index in [1.165, 1.54) is 5.56 Å². The van der Waals surface area contributed by atoms with Gasteiger partial charge in [-0.3, -0.25) is 9.59 Å². The molecule has 0 saturated carbocycles. The monoisotopic (exact) mass is 324 g/mol. The number of rotatable bonds is 5. The van der Waals surface area contributed by atoms with E-state index in [0.29, 0.717) is 5.69 Å². The van der Waals surface area contributed by atoms with Gasteiger partial charge in [-0.25, -0.2) is 0 Å². The summed E-state index contributed by atoms with van der Waals surface area (Å²) in [5.41, 5.74) is 3.90. The molecule has 1 unspecified atom stereocenters. The molecule has 0 radical (unpaired) electrons. The molecule has 0 aliphatic carbocycles. The van der Waals surface area contributed by atoms with Crippen LogP contribution in [0.3, 0.4) is 0 Å². The Kier molecular flexibility index (Phi) is 6.13. The lowest BCUT2D eigenvalue weighted by Gasteiger charge is -2.15. The van der Waals surface area contributed by atoms with Gasteiger partial charge in [0.15, 0.2) is 0 Å². The molecular formula is C20H24N2O2. The molecule has 24 heavy (non-hydrogen) atoms. The SMILES string of the molecule is CCc1ccc(C(C)NC(=O)C(=O)Nc2ccccc2CC)cc1. The first-order valence-electron chi connectivity index (χ1n) is 8.33. The van der Waals surface area contributed by atoms with Crippen molar-refractivity contribution in [1.29, 1.82) is 0 Å². The number of hydrogen-bond acceptors (Lipinski definition) is 2. The lowest BCUT2D eigenvalue weighted by Crippen LogP contribution is -2.37. The Morgan fingerprint density at radius 1 is 0.917 bits per heavy atom. The number of para-hydroxylation sites is 1. The number of hydrogen-bond donors (Lipinski definition) is 2. The van der Waals surface area contributed by atoms with E-state index < -0.39 is 11.8 Å². The Hall–Kier alpha value is -2.62. The van der Waals surface area contributed by atoms with Crippen LogP contribution in [-0.4, -0.2) is 11.8 Å². The third-order valence-corrected chi connectivity index (χ3v) is 4.09. The number of amides is 2. The molecule has 1 atom stereocenters. The van der Waals surface area contributed by atoms with Gasteiger partial charge in [0, 0.05) is 5.69 Å². The zero-order valence-corrected chi connectivity index (χ0v) is 14.4. The second-order valence-electron chi connectivity index (χ2n) is 5.76. The van der Waals surface area contributed by atoms with Crippen molar-refractivity contribution in [2.24, 2.45) is 0 Å². The highest BCUT2D eigenvalue weighted by Gasteiger charge is 2.18. The maximum atomic E-state index is 12.1. The molecule has 2 N–H and O–H groups in total. The molecule has 0 fully saturated rings. The third kappa shape index (κ3) is 4.44. The van der Waals surface area contributed by atoms with Gasteiger partial charge in [-0.05, 0) is 42.5 Å². The minimum absolute atomic E-state index is 0.226. The van der Waals surface area contributed by atoms with Crippen molar-refractivity contribution in [3.63, 3.8) is 0 Å². The highest BCUT2D eigenvalue weighted by molar-refractivity contribution is 6.39. The van der Waals surface area contributed by atoms with Crippen molar-refractivity contribution in [2.75, 3.05) is 5.32 Å². The molecule has 0 saturated heterocycles. The van der Waals surface area contributed by atoms with Crippen LogP contribution in [0, 0.1) is 0 Å². The summed E-state index contributed by atoms with van der Waals surface area (Å²) in [6, 6.07) is 15.3. The average Bonchev–Trinajstić information content (AvgIpc) is 2.62. The fourth-order valence-electron chi connectivity index (χ4n) is 2.52. The van der Waals surface area contributed by atoms with E-state index in [4.69, 9.17) is 0 Å². The highest BCUT2D eigenvalue weighted by Crippen LogP contribution is 2.16. The first-order chi connectivity index (χ1) is 11.5. The van der Waals surface area contributed by atoms with Crippen LogP contribution in [0.15, 0.2) is 48.5 Å². The molecule has 2 amide bonds. The van der Waals surface area contributed by atoms with Crippen molar-refractivity contribution in [2.45, 2.75) is 39.7 Å². The van der Waals surface area contributed by atoms with Crippen LogP contribution in [0.1, 0.15) is 43.5 Å². The van der Waals surface area contributed by atoms with E-state index in [1.54, 1.807) is 6.07 Å². The number of aryl methyl sites for hydroxylation is 2. The van der Waals surface area contributed by atoms with Gasteiger partial charge in [0.2, 0.25) is 0 Å². The Bertz CT molecular complexity index is 708. The van der Waals surface area contributed by atoms with Gasteiger partial charge in [-0.1, -0.05) is 56.3 Å². The van der Waals surface area contributed by atoms with Crippen LogP contribution in [0.2, 0.25) is 0 Å². The van der Waals surface area contributed by atoms with Crippen molar-refractivity contribution >= 4 is 17.5 Å². The summed E-state index contributed by atoms with van der Waals surface area (Å²) in [5.74, 6) is -1.28. The summed E-state index contributed by atoms with van der Waals surface area (Å²) in [4.78, 5) is 24.3. The van der Waals surface area contributed by atoms with Crippen LogP contribution >= 0.6 is 0 Å². The highest BCUT2D eigenvalue weighted by atomic mass is 16.2. The molecule has 2 rings (SSSR count). The summed E-state index contributed by atoms with van der Waals surface area (Å²) >= 11 is 0. The van der Waals surface area contributed by atoms with Crippen LogP contribution in [-0.2, 0) is 22.4 Å². The van der Waals surface area contributed by atoms with E-state index in [9.17, 15) is 9.59 Å². The van der Waals surface area contributed by atoms with Gasteiger partial charge in [0.05, 0.1) is 6.04 Å². The number of carbonyl (C=O) groups is 2. The fourth-order valence-corrected chi connectivity index (χ4v) is 2.52. The van der Waals surface area contributed by atoms with Crippen molar-refractivity contribution in [3.8, 4) is 0 Å². The number of carbonyl (C=O) groups excluding carboxylic acids is 2. The van der Waals surface area contributed by atoms with Crippen LogP contribution in [0.25, 0.3) is 0 Å². The Labute approximate surface area is 143 Å². The quantitative estimate of drug-likeness (QED) is 0.825. The van der Waals surface area contributed by atoms with E-state index >= 15 is 0 Å². The maximum absolute atomic E-state index is 12.1. The summed E-state index contributed by atoms with van der Waals surface area (Å²) in [5, 5.41) is 5.43. The van der Waals surface area contributed by atoms with Gasteiger partial charge in [0.25, 0.3) is 0 Å². The minimum atomic E-state index is -0.645. The Balaban J connectivity index is 1.98. The number of benzene rings is 2. The van der Waals surface area contributed by atoms with Crippen LogP contribution < -0.4 is 10.6 Å². The molecule has 4 heteroatoms. The predicted octanol–water partition coefficient (Wildman–Crippen LogP) is 3.63. The molecule has 0 aliphatic heterocycles. The zero-order chi connectivity index (χ0) is 17.5. The average molecular weight is 324 g/mol. The van der Waals surface area contributed by atoms with E-state index in [-0.39, 0.29) is 6.04 Å². The molecule has 0 bridgehead atoms. The van der Waals surface area contributed by atoms with Gasteiger partial charge in [0.1, 0.15) is 0 Å². The summed E-state index contributed by atoms with van der Waals surface area (Å²) < 4.78 is 0. The molecule has 0 heterocycles. The second-order valence-corrected chi connectivity index (χ2v) is 5.76. The normalized spacial score (nSPS) is 11.6. The molecule has 2 aromatic carbocycles. The Morgan fingerprint density at radius 2 is 1.58 bits per heavy atom. The van der Waals surface area contributed by atoms with Crippen LogP contribution in [0.5, 0.6) is 0 Å². The van der Waals surface area contributed by atoms with E-state index in [2.05, 4.69) is 17.6 Å². The molecule has 0 spiro atoms. The molecule has 0 aliphatic rings. The van der Waals surface area contributed by atoms with Gasteiger partial charge in [-0.15, -0.1) is 0 Å². The van der Waals surface area contributed by atoms with Gasteiger partial charge < -0.3 is 10.6 Å². The molecule has 0 aromatic heterocycles. The first kappa shape index (κ1) is 17.7. The Morgan fingerprint density at radius 3 is 2.21 bits per heavy atom. The van der Waals surface area contributed by atoms with E-state index in [1.807, 2.05) is 56.3 Å². The zero-order valence-electron chi connectivity index (χ0n) is 14.4. The fraction of sp³-hybridized carbons (Fsp3) is 0.300. The molecular weight excluding hydrogens is 300 g/mol. The summed E-state index contributed by atoms with van der Waals surface area (Å²) in [7, 11) is 0. The lowest BCUT2D eigenvalue weighted by atomic mass is 10.0. The van der Waals surface area contributed by atoms with Crippen LogP contribution in [0.4, 0.5) is 5.69 Å². The van der Waals surface area contributed by atoms with E-state index in [0.717, 1.165) is 24.0 Å². The molecule has 126 valence electrons. The minimum Gasteiger partial charge on any atom is -0.341 e. The predicted molar refractivity (Wildman–Crippen MR) is 96.8 cm³/mol. The third-order valence-electron chi connectivity index (χ3n) is 4.09. The lowest BCUT2D eigenvalue weighted by molar-refractivity contribution is -0.136. The molecule has 4 nitrogen and oxygen atoms in total. The summed E-state index contributed by atoms with van der Waals surface area (Å²) in [6.07, 6.45) is 1.76. The van der Waals surface area contributed by atoms with Crippen molar-refractivity contribution < 1.29 is 9.59 Å². The molecule has 2 aromatic rings. The summed E-state index contributed by atoms with van der Waals surface area (Å²) in [6.45, 7) is 5.97. The number of nitrogens with one attached hydrogen (secondary N) is 2. The van der Waals surface area contributed by atoms with Crippen molar-refractivity contribution in [3.05, 3.63) is 65.2 Å². The number of anilines is 1. The van der Waals surface area contributed by atoms with Crippen molar-refractivity contribution in [1.82, 2.24) is 5.32 Å². The smallest absolute Gasteiger partial charge is 0.313 e. The second kappa shape index (κ2) is 8.29. The topological polar surface area (TPSA) is 58.2 Å². The van der Waals surface area contributed by atoms with Gasteiger partial charge >= 0.3 is 11.8 Å². The first-order valence-corrected chi connectivity index (χ1v) is 8.33.